The van der Waals surface area contributed by atoms with Crippen LogP contribution in [0.5, 0.6) is 0 Å². The maximum Gasteiger partial charge on any atom is 0.225 e. The zero-order valence-electron chi connectivity index (χ0n) is 14.3. The molecule has 0 saturated heterocycles. The van der Waals surface area contributed by atoms with Gasteiger partial charge >= 0.3 is 0 Å². The topological polar surface area (TPSA) is 46.2 Å². The first kappa shape index (κ1) is 18.2. The Balaban J connectivity index is 1.74. The minimum Gasteiger partial charge on any atom is -0.329 e. The molecule has 138 valence electrons. The average molecular weight is 404 g/mol. The summed E-state index contributed by atoms with van der Waals surface area (Å²) >= 11 is 12.5. The molecule has 1 amide bonds. The van der Waals surface area contributed by atoms with E-state index in [4.69, 9.17) is 23.2 Å². The average Bonchev–Trinajstić information content (AvgIpc) is 2.63. The Morgan fingerprint density at radius 3 is 2.44 bits per heavy atom. The van der Waals surface area contributed by atoms with Crippen molar-refractivity contribution < 1.29 is 14.0 Å². The lowest BCUT2D eigenvalue weighted by Crippen LogP contribution is -2.38. The van der Waals surface area contributed by atoms with Crippen LogP contribution in [-0.4, -0.2) is 11.7 Å². The number of benzene rings is 2. The summed E-state index contributed by atoms with van der Waals surface area (Å²) in [6, 6.07) is 11.4. The molecule has 1 aliphatic carbocycles. The number of amides is 1. The maximum atomic E-state index is 13.2. The summed E-state index contributed by atoms with van der Waals surface area (Å²) in [5.41, 5.74) is 2.82. The fraction of sp³-hybridized carbons (Fsp3) is 0.238. The number of nitrogens with one attached hydrogen (secondary N) is 1. The largest absolute Gasteiger partial charge is 0.329 e. The van der Waals surface area contributed by atoms with Crippen LogP contribution in [-0.2, 0) is 9.59 Å². The van der Waals surface area contributed by atoms with Gasteiger partial charge in [0.1, 0.15) is 5.82 Å². The molecule has 6 heteroatoms. The number of carbonyl (C=O) groups is 2. The Bertz CT molecular complexity index is 969. The molecule has 2 aromatic carbocycles. The quantitative estimate of drug-likeness (QED) is 0.754. The summed E-state index contributed by atoms with van der Waals surface area (Å²) in [5.74, 6) is -0.983. The molecule has 4 rings (SSSR count). The Kier molecular flexibility index (Phi) is 4.79. The molecule has 2 aliphatic rings. The van der Waals surface area contributed by atoms with Gasteiger partial charge in [0.25, 0.3) is 0 Å². The van der Waals surface area contributed by atoms with Gasteiger partial charge in [-0.25, -0.2) is 4.39 Å². The Hall–Kier alpha value is -2.17. The highest BCUT2D eigenvalue weighted by atomic mass is 35.5. The SMILES string of the molecule is O=C1C[C@H](c2cccc(Cl)c2Cl)C2=C(C[C@H](c3ccc(F)cc3)CC2=O)N1. The fourth-order valence-corrected chi connectivity index (χ4v) is 4.43. The summed E-state index contributed by atoms with van der Waals surface area (Å²) in [6.07, 6.45) is 0.994. The smallest absolute Gasteiger partial charge is 0.225 e. The number of rotatable bonds is 2. The number of ketones is 1. The molecule has 0 fully saturated rings. The van der Waals surface area contributed by atoms with Gasteiger partial charge < -0.3 is 5.32 Å². The third-order valence-corrected chi connectivity index (χ3v) is 6.07. The van der Waals surface area contributed by atoms with Gasteiger partial charge in [-0.05, 0) is 41.7 Å². The number of Topliss-reactive ketones (excluding diaryl/α,β-unsaturated/α-hetero) is 1. The van der Waals surface area contributed by atoms with Crippen molar-refractivity contribution in [3.05, 3.63) is 80.7 Å². The van der Waals surface area contributed by atoms with Crippen molar-refractivity contribution in [2.45, 2.75) is 31.1 Å². The second kappa shape index (κ2) is 7.10. The normalized spacial score (nSPS) is 22.5. The third kappa shape index (κ3) is 3.40. The van der Waals surface area contributed by atoms with Gasteiger partial charge in [-0.1, -0.05) is 47.5 Å². The van der Waals surface area contributed by atoms with E-state index in [-0.39, 0.29) is 29.8 Å². The van der Waals surface area contributed by atoms with Crippen LogP contribution >= 0.6 is 23.2 Å². The molecule has 1 heterocycles. The van der Waals surface area contributed by atoms with E-state index >= 15 is 0 Å². The van der Waals surface area contributed by atoms with E-state index in [1.54, 1.807) is 30.3 Å². The fourth-order valence-electron chi connectivity index (χ4n) is 3.99. The zero-order valence-corrected chi connectivity index (χ0v) is 15.8. The van der Waals surface area contributed by atoms with E-state index in [0.717, 1.165) is 5.56 Å². The predicted molar refractivity (Wildman–Crippen MR) is 102 cm³/mol. The van der Waals surface area contributed by atoms with Gasteiger partial charge in [0.05, 0.1) is 10.0 Å². The first-order valence-electron chi connectivity index (χ1n) is 8.69. The molecule has 1 aliphatic heterocycles. The second-order valence-corrected chi connectivity index (χ2v) is 7.71. The van der Waals surface area contributed by atoms with E-state index in [1.807, 2.05) is 0 Å². The maximum absolute atomic E-state index is 13.2. The number of halogens is 3. The summed E-state index contributed by atoms with van der Waals surface area (Å²) in [4.78, 5) is 25.3. The summed E-state index contributed by atoms with van der Waals surface area (Å²) in [7, 11) is 0. The van der Waals surface area contributed by atoms with Crippen LogP contribution in [0.15, 0.2) is 53.7 Å². The Morgan fingerprint density at radius 1 is 0.963 bits per heavy atom. The lowest BCUT2D eigenvalue weighted by atomic mass is 9.73. The summed E-state index contributed by atoms with van der Waals surface area (Å²) in [5, 5.41) is 3.64. The van der Waals surface area contributed by atoms with Crippen LogP contribution in [0.2, 0.25) is 10.0 Å². The number of allylic oxidation sites excluding steroid dienone is 2. The third-order valence-electron chi connectivity index (χ3n) is 5.23. The lowest BCUT2D eigenvalue weighted by Gasteiger charge is -2.34. The standard InChI is InChI=1S/C21H16Cl2FNO2/c22-16-3-1-2-14(21(16)23)15-10-19(27)25-17-8-12(9-18(26)20(15)17)11-4-6-13(24)7-5-11/h1-7,12,15H,8-10H2,(H,25,27)/t12-,15+/m0/s1. The van der Waals surface area contributed by atoms with Gasteiger partial charge in [0, 0.05) is 30.0 Å². The van der Waals surface area contributed by atoms with Crippen LogP contribution in [0.4, 0.5) is 4.39 Å². The predicted octanol–water partition coefficient (Wildman–Crippen LogP) is 5.14. The van der Waals surface area contributed by atoms with Crippen molar-refractivity contribution in [3.8, 4) is 0 Å². The van der Waals surface area contributed by atoms with Gasteiger partial charge in [-0.3, -0.25) is 9.59 Å². The van der Waals surface area contributed by atoms with Crippen molar-refractivity contribution >= 4 is 34.9 Å². The minimum absolute atomic E-state index is 0.0217. The molecule has 0 radical (unpaired) electrons. The van der Waals surface area contributed by atoms with Crippen LogP contribution in [0.1, 0.15) is 42.2 Å². The van der Waals surface area contributed by atoms with Crippen LogP contribution in [0.3, 0.4) is 0 Å². The lowest BCUT2D eigenvalue weighted by molar-refractivity contribution is -0.122. The molecule has 3 nitrogen and oxygen atoms in total. The van der Waals surface area contributed by atoms with Crippen molar-refractivity contribution in [3.63, 3.8) is 0 Å². The van der Waals surface area contributed by atoms with E-state index in [0.29, 0.717) is 39.7 Å². The highest BCUT2D eigenvalue weighted by molar-refractivity contribution is 6.42. The van der Waals surface area contributed by atoms with E-state index < -0.39 is 5.92 Å². The molecule has 0 saturated carbocycles. The molecule has 0 aromatic heterocycles. The summed E-state index contributed by atoms with van der Waals surface area (Å²) in [6.45, 7) is 0. The Morgan fingerprint density at radius 2 is 1.70 bits per heavy atom. The van der Waals surface area contributed by atoms with Gasteiger partial charge in [0.15, 0.2) is 5.78 Å². The first-order valence-corrected chi connectivity index (χ1v) is 9.45. The van der Waals surface area contributed by atoms with Crippen molar-refractivity contribution in [1.82, 2.24) is 5.32 Å². The monoisotopic (exact) mass is 403 g/mol. The van der Waals surface area contributed by atoms with Crippen molar-refractivity contribution in [2.75, 3.05) is 0 Å². The van der Waals surface area contributed by atoms with Crippen molar-refractivity contribution in [2.24, 2.45) is 0 Å². The highest BCUT2D eigenvalue weighted by Crippen LogP contribution is 2.45. The number of hydrogen-bond donors (Lipinski definition) is 1. The Labute approximate surface area is 166 Å². The van der Waals surface area contributed by atoms with Gasteiger partial charge in [-0.2, -0.15) is 0 Å². The van der Waals surface area contributed by atoms with Gasteiger partial charge in [-0.15, -0.1) is 0 Å². The van der Waals surface area contributed by atoms with Crippen LogP contribution in [0, 0.1) is 5.82 Å². The summed E-state index contributed by atoms with van der Waals surface area (Å²) < 4.78 is 13.2. The molecule has 0 bridgehead atoms. The first-order chi connectivity index (χ1) is 12.9. The van der Waals surface area contributed by atoms with Crippen LogP contribution < -0.4 is 5.32 Å². The molecule has 0 spiro atoms. The molecule has 1 N–H and O–H groups in total. The zero-order chi connectivity index (χ0) is 19.1. The number of carbonyl (C=O) groups excluding carboxylic acids is 2. The molecule has 2 aromatic rings. The number of hydrogen-bond acceptors (Lipinski definition) is 2. The van der Waals surface area contributed by atoms with E-state index in [9.17, 15) is 14.0 Å². The molecule has 2 atom stereocenters. The second-order valence-electron chi connectivity index (χ2n) is 6.92. The molecule has 0 unspecified atom stereocenters. The van der Waals surface area contributed by atoms with Crippen LogP contribution in [0.25, 0.3) is 0 Å². The minimum atomic E-state index is -0.401. The molecular weight excluding hydrogens is 388 g/mol. The highest BCUT2D eigenvalue weighted by Gasteiger charge is 2.39. The molecular formula is C21H16Cl2FNO2. The van der Waals surface area contributed by atoms with Crippen molar-refractivity contribution in [1.29, 1.82) is 0 Å². The molecule has 27 heavy (non-hydrogen) atoms. The van der Waals surface area contributed by atoms with E-state index in [1.165, 1.54) is 12.1 Å². The van der Waals surface area contributed by atoms with Gasteiger partial charge in [0.2, 0.25) is 5.91 Å². The van der Waals surface area contributed by atoms with E-state index in [2.05, 4.69) is 5.32 Å².